The Labute approximate surface area is 547 Å². The van der Waals surface area contributed by atoms with Crippen LogP contribution in [0.1, 0.15) is 11.1 Å². The Kier molecular flexibility index (Phi) is 13.1. The minimum absolute atomic E-state index is 0.436. The standard InChI is InChI=1S/C85H56N10/c1-53-43-47-72-65(49-53)62-36-19-21-40-69(62)93(72)75-52-76(94-70-41-22-20-37-63(70)66-50-54(2)44-48-73(66)94)78(85-91-82(58-31-14-6-15-32-58)88-83(92-85)59-33-16-7-17-34-59)79(77(75)84-89-80(56-27-10-4-11-28-56)87-81(90-84)57-29-12-5-13-30-57)95-71-42-23-18-35-61(71)64-46-45-60(51-74(64)95)68-39-24-38-67(86-68)55-25-8-3-9-26-55/h3-52H,1-2H3. The van der Waals surface area contributed by atoms with Crippen LogP contribution >= 0.6 is 0 Å². The molecule has 0 fully saturated rings. The van der Waals surface area contributed by atoms with Crippen LogP contribution in [0.25, 0.3) is 173 Å². The molecule has 0 aliphatic rings. The van der Waals surface area contributed by atoms with Crippen LogP contribution in [0.15, 0.2) is 303 Å². The zero-order chi connectivity index (χ0) is 63.1. The minimum Gasteiger partial charge on any atom is -0.308 e. The van der Waals surface area contributed by atoms with E-state index in [-0.39, 0.29) is 0 Å². The van der Waals surface area contributed by atoms with Crippen molar-refractivity contribution in [3.8, 4) is 108 Å². The number of para-hydroxylation sites is 3. The van der Waals surface area contributed by atoms with Crippen LogP contribution in [-0.2, 0) is 0 Å². The zero-order valence-electron chi connectivity index (χ0n) is 51.8. The molecule has 0 aliphatic carbocycles. The fraction of sp³-hybridized carbons (Fsp3) is 0.0235. The molecule has 12 aromatic carbocycles. The first-order valence-electron chi connectivity index (χ1n) is 32.0. The highest BCUT2D eigenvalue weighted by atomic mass is 15.1. The summed E-state index contributed by atoms with van der Waals surface area (Å²) in [7, 11) is 0. The predicted molar refractivity (Wildman–Crippen MR) is 387 cm³/mol. The van der Waals surface area contributed by atoms with E-state index < -0.39 is 0 Å². The maximum atomic E-state index is 5.83. The van der Waals surface area contributed by atoms with Crippen LogP contribution in [0, 0.1) is 13.8 Å². The number of pyridine rings is 1. The Morgan fingerprint density at radius 2 is 0.547 bits per heavy atom. The van der Waals surface area contributed by atoms with Gasteiger partial charge in [0.05, 0.1) is 72.7 Å². The van der Waals surface area contributed by atoms with Gasteiger partial charge in [-0.05, 0) is 80.6 Å². The Morgan fingerprint density at radius 3 is 0.979 bits per heavy atom. The monoisotopic (exact) mass is 1220 g/mol. The lowest BCUT2D eigenvalue weighted by atomic mass is 9.98. The van der Waals surface area contributed by atoms with Crippen molar-refractivity contribution in [3.63, 3.8) is 0 Å². The molecule has 0 bridgehead atoms. The molecule has 10 heteroatoms. The molecule has 6 aromatic heterocycles. The SMILES string of the molecule is Cc1ccc2c(c1)c1ccccc1n2-c1cc(-n2c3ccccc3c3cc(C)ccc32)c(-c2nc(-c3ccccc3)nc(-c3ccccc3)n2)c(-n2c3ccccc3c3ccc(-c4cccc(-c5ccccc5)n4)cc32)c1-c1nc(-c2ccccc2)nc(-c2ccccc2)n1. The molecule has 0 amide bonds. The van der Waals surface area contributed by atoms with E-state index in [1.165, 1.54) is 0 Å². The summed E-state index contributed by atoms with van der Waals surface area (Å²) in [6.45, 7) is 4.33. The lowest BCUT2D eigenvalue weighted by Crippen LogP contribution is -2.13. The van der Waals surface area contributed by atoms with E-state index in [1.54, 1.807) is 0 Å². The smallest absolute Gasteiger partial charge is 0.168 e. The number of hydrogen-bond acceptors (Lipinski definition) is 7. The zero-order valence-corrected chi connectivity index (χ0v) is 51.8. The number of fused-ring (bicyclic) bond motifs is 9. The number of rotatable bonds is 11. The van der Waals surface area contributed by atoms with E-state index in [1.807, 2.05) is 78.9 Å². The quantitative estimate of drug-likeness (QED) is 0.127. The van der Waals surface area contributed by atoms with Crippen LogP contribution in [0.5, 0.6) is 0 Å². The largest absolute Gasteiger partial charge is 0.308 e. The second kappa shape index (κ2) is 22.6. The molecular weight excluding hydrogens is 1160 g/mol. The molecule has 0 saturated heterocycles. The van der Waals surface area contributed by atoms with Gasteiger partial charge in [0.1, 0.15) is 0 Å². The molecule has 10 nitrogen and oxygen atoms in total. The molecular formula is C85H56N10. The van der Waals surface area contributed by atoms with Crippen LogP contribution < -0.4 is 0 Å². The van der Waals surface area contributed by atoms with Crippen LogP contribution in [0.4, 0.5) is 0 Å². The second-order valence-corrected chi connectivity index (χ2v) is 24.2. The van der Waals surface area contributed by atoms with Crippen molar-refractivity contribution < 1.29 is 0 Å². The van der Waals surface area contributed by atoms with Gasteiger partial charge in [-0.2, -0.15) is 0 Å². The van der Waals surface area contributed by atoms with E-state index in [0.717, 1.165) is 138 Å². The third kappa shape index (κ3) is 9.37. The van der Waals surface area contributed by atoms with Gasteiger partial charge in [-0.3, -0.25) is 0 Å². The van der Waals surface area contributed by atoms with E-state index in [9.17, 15) is 0 Å². The summed E-state index contributed by atoms with van der Waals surface area (Å²) >= 11 is 0. The van der Waals surface area contributed by atoms with Crippen molar-refractivity contribution >= 4 is 65.4 Å². The fourth-order valence-electron chi connectivity index (χ4n) is 13.9. The number of aromatic nitrogens is 10. The molecule has 0 unspecified atom stereocenters. The summed E-state index contributed by atoms with van der Waals surface area (Å²) < 4.78 is 7.29. The minimum atomic E-state index is 0.436. The molecule has 6 heterocycles. The van der Waals surface area contributed by atoms with Crippen molar-refractivity contribution in [2.24, 2.45) is 0 Å². The Balaban J connectivity index is 1.12. The van der Waals surface area contributed by atoms with Gasteiger partial charge in [0.25, 0.3) is 0 Å². The third-order valence-electron chi connectivity index (χ3n) is 18.3. The first kappa shape index (κ1) is 55.1. The normalized spacial score (nSPS) is 11.7. The Bertz CT molecular complexity index is 5650. The molecule has 446 valence electrons. The van der Waals surface area contributed by atoms with E-state index >= 15 is 0 Å². The highest BCUT2D eigenvalue weighted by Gasteiger charge is 2.34. The van der Waals surface area contributed by atoms with Gasteiger partial charge >= 0.3 is 0 Å². The second-order valence-electron chi connectivity index (χ2n) is 24.2. The average Bonchev–Trinajstić information content (AvgIpc) is 1.61. The highest BCUT2D eigenvalue weighted by molar-refractivity contribution is 6.15. The molecule has 0 atom stereocenters. The molecule has 0 radical (unpaired) electrons. The van der Waals surface area contributed by atoms with Crippen molar-refractivity contribution in [1.82, 2.24) is 48.6 Å². The Hall–Kier alpha value is -12.8. The van der Waals surface area contributed by atoms with Gasteiger partial charge in [0, 0.05) is 65.7 Å². The summed E-state index contributed by atoms with van der Waals surface area (Å²) in [5, 5.41) is 6.50. The summed E-state index contributed by atoms with van der Waals surface area (Å²) in [4.78, 5) is 39.5. The average molecular weight is 1220 g/mol. The molecule has 18 rings (SSSR count). The molecule has 0 N–H and O–H groups in total. The predicted octanol–water partition coefficient (Wildman–Crippen LogP) is 20.7. The first-order chi connectivity index (χ1) is 46.9. The summed E-state index contributed by atoms with van der Waals surface area (Å²) in [5.41, 5.74) is 19.0. The first-order valence-corrected chi connectivity index (χ1v) is 32.0. The molecule has 18 aromatic rings. The number of nitrogens with zero attached hydrogens (tertiary/aromatic N) is 10. The lowest BCUT2D eigenvalue weighted by Gasteiger charge is -2.26. The summed E-state index contributed by atoms with van der Waals surface area (Å²) in [6, 6.07) is 106. The fourth-order valence-corrected chi connectivity index (χ4v) is 13.9. The van der Waals surface area contributed by atoms with Gasteiger partial charge in [-0.15, -0.1) is 0 Å². The number of benzene rings is 12. The van der Waals surface area contributed by atoms with Crippen molar-refractivity contribution in [3.05, 3.63) is 314 Å². The summed E-state index contributed by atoms with van der Waals surface area (Å²) in [5.74, 6) is 2.93. The van der Waals surface area contributed by atoms with E-state index in [2.05, 4.69) is 252 Å². The van der Waals surface area contributed by atoms with Gasteiger partial charge in [-0.1, -0.05) is 248 Å². The number of aryl methyl sites for hydroxylation is 2. The van der Waals surface area contributed by atoms with Crippen molar-refractivity contribution in [2.45, 2.75) is 13.8 Å². The third-order valence-corrected chi connectivity index (χ3v) is 18.3. The topological polar surface area (TPSA) is 105 Å². The van der Waals surface area contributed by atoms with Crippen LogP contribution in [-0.4, -0.2) is 48.6 Å². The van der Waals surface area contributed by atoms with Crippen molar-refractivity contribution in [2.75, 3.05) is 0 Å². The molecule has 0 aliphatic heterocycles. The maximum Gasteiger partial charge on any atom is 0.168 e. The van der Waals surface area contributed by atoms with Crippen LogP contribution in [0.2, 0.25) is 0 Å². The van der Waals surface area contributed by atoms with E-state index in [0.29, 0.717) is 46.1 Å². The number of hydrogen-bond donors (Lipinski definition) is 0. The van der Waals surface area contributed by atoms with Gasteiger partial charge in [0.15, 0.2) is 34.9 Å². The summed E-state index contributed by atoms with van der Waals surface area (Å²) in [6.07, 6.45) is 0. The molecule has 0 spiro atoms. The highest BCUT2D eigenvalue weighted by Crippen LogP contribution is 2.50. The Morgan fingerprint density at radius 1 is 0.211 bits per heavy atom. The van der Waals surface area contributed by atoms with Crippen molar-refractivity contribution in [1.29, 1.82) is 0 Å². The van der Waals surface area contributed by atoms with E-state index in [4.69, 9.17) is 34.9 Å². The maximum absolute atomic E-state index is 5.83. The van der Waals surface area contributed by atoms with Gasteiger partial charge < -0.3 is 13.7 Å². The van der Waals surface area contributed by atoms with Gasteiger partial charge in [0.2, 0.25) is 0 Å². The lowest BCUT2D eigenvalue weighted by molar-refractivity contribution is 1.03. The molecule has 0 saturated carbocycles. The van der Waals surface area contributed by atoms with Gasteiger partial charge in [-0.25, -0.2) is 34.9 Å². The van der Waals surface area contributed by atoms with Crippen LogP contribution in [0.3, 0.4) is 0 Å². The molecule has 95 heavy (non-hydrogen) atoms.